The van der Waals surface area contributed by atoms with Gasteiger partial charge in [-0.05, 0) is 56.4 Å². The largest absolute Gasteiger partial charge is 0.324 e. The maximum Gasteiger partial charge on any atom is 0.243 e. The van der Waals surface area contributed by atoms with Crippen LogP contribution in [0, 0.1) is 24.5 Å². The van der Waals surface area contributed by atoms with Gasteiger partial charge in [0.2, 0.25) is 15.9 Å². The van der Waals surface area contributed by atoms with Gasteiger partial charge in [0.1, 0.15) is 11.6 Å². The number of nitrogens with zero attached hydrogens (tertiary/aromatic N) is 1. The minimum absolute atomic E-state index is 0.0489. The number of amides is 1. The van der Waals surface area contributed by atoms with Crippen LogP contribution in [0.2, 0.25) is 0 Å². The van der Waals surface area contributed by atoms with E-state index in [1.165, 1.54) is 10.4 Å². The lowest BCUT2D eigenvalue weighted by atomic mass is 9.94. The summed E-state index contributed by atoms with van der Waals surface area (Å²) >= 11 is 0. The lowest BCUT2D eigenvalue weighted by Crippen LogP contribution is -2.40. The van der Waals surface area contributed by atoms with Gasteiger partial charge in [0.05, 0.1) is 10.6 Å². The summed E-state index contributed by atoms with van der Waals surface area (Å²) < 4.78 is 53.8. The van der Waals surface area contributed by atoms with Crippen molar-refractivity contribution >= 4 is 21.6 Å². The second-order valence-electron chi connectivity index (χ2n) is 7.40. The molecule has 8 heteroatoms. The zero-order chi connectivity index (χ0) is 21.0. The topological polar surface area (TPSA) is 66.5 Å². The molecule has 0 aromatic heterocycles. The molecule has 1 aliphatic heterocycles. The summed E-state index contributed by atoms with van der Waals surface area (Å²) in [6.07, 6.45) is 2.19. The van der Waals surface area contributed by atoms with E-state index >= 15 is 0 Å². The highest BCUT2D eigenvalue weighted by Gasteiger charge is 2.30. The predicted molar refractivity (Wildman–Crippen MR) is 107 cm³/mol. The molecule has 2 aromatic carbocycles. The fraction of sp³-hybridized carbons (Fsp3) is 0.381. The SMILES string of the molecule is Cc1ccc(S(=O)(=O)N2CCCC(CCC(=O)Nc3ccc(F)cc3F)C2)cc1. The van der Waals surface area contributed by atoms with Gasteiger partial charge in [0, 0.05) is 25.6 Å². The lowest BCUT2D eigenvalue weighted by Gasteiger charge is -2.32. The average molecular weight is 422 g/mol. The Hall–Kier alpha value is -2.32. The summed E-state index contributed by atoms with van der Waals surface area (Å²) in [5, 5.41) is 2.44. The third-order valence-corrected chi connectivity index (χ3v) is 7.00. The molecule has 2 aromatic rings. The van der Waals surface area contributed by atoms with E-state index in [1.54, 1.807) is 24.3 Å². The summed E-state index contributed by atoms with van der Waals surface area (Å²) in [6, 6.07) is 9.73. The zero-order valence-corrected chi connectivity index (χ0v) is 17.0. The fourth-order valence-corrected chi connectivity index (χ4v) is 5.03. The molecule has 5 nitrogen and oxygen atoms in total. The summed E-state index contributed by atoms with van der Waals surface area (Å²) in [7, 11) is -3.56. The van der Waals surface area contributed by atoms with Crippen LogP contribution in [0.5, 0.6) is 0 Å². The predicted octanol–water partition coefficient (Wildman–Crippen LogP) is 4.09. The van der Waals surface area contributed by atoms with E-state index < -0.39 is 21.7 Å². The second-order valence-corrected chi connectivity index (χ2v) is 9.33. The van der Waals surface area contributed by atoms with Crippen LogP contribution < -0.4 is 5.32 Å². The molecule has 1 saturated heterocycles. The van der Waals surface area contributed by atoms with E-state index in [0.29, 0.717) is 25.6 Å². The fourth-order valence-electron chi connectivity index (χ4n) is 3.48. The van der Waals surface area contributed by atoms with Crippen LogP contribution in [0.3, 0.4) is 0 Å². The number of benzene rings is 2. The Kier molecular flexibility index (Phi) is 6.64. The molecular formula is C21H24F2N2O3S. The van der Waals surface area contributed by atoms with Gasteiger partial charge in [-0.25, -0.2) is 17.2 Å². The monoisotopic (exact) mass is 422 g/mol. The zero-order valence-electron chi connectivity index (χ0n) is 16.2. The normalized spacial score (nSPS) is 17.8. The van der Waals surface area contributed by atoms with Crippen LogP contribution in [0.15, 0.2) is 47.4 Å². The van der Waals surface area contributed by atoms with E-state index in [1.807, 2.05) is 6.92 Å². The Morgan fingerprint density at radius 3 is 2.59 bits per heavy atom. The molecule has 1 aliphatic rings. The molecule has 1 atom stereocenters. The van der Waals surface area contributed by atoms with E-state index in [9.17, 15) is 22.0 Å². The quantitative estimate of drug-likeness (QED) is 0.762. The van der Waals surface area contributed by atoms with Gasteiger partial charge in [-0.15, -0.1) is 0 Å². The number of carbonyl (C=O) groups is 1. The van der Waals surface area contributed by atoms with E-state index in [-0.39, 0.29) is 28.8 Å². The van der Waals surface area contributed by atoms with Crippen LogP contribution in [0.4, 0.5) is 14.5 Å². The molecule has 156 valence electrons. The van der Waals surface area contributed by atoms with Gasteiger partial charge in [0.15, 0.2) is 0 Å². The number of rotatable bonds is 6. The number of hydrogen-bond donors (Lipinski definition) is 1. The molecule has 1 N–H and O–H groups in total. The Bertz CT molecular complexity index is 978. The van der Waals surface area contributed by atoms with Crippen LogP contribution >= 0.6 is 0 Å². The maximum atomic E-state index is 13.6. The highest BCUT2D eigenvalue weighted by Crippen LogP contribution is 2.27. The van der Waals surface area contributed by atoms with Crippen molar-refractivity contribution in [1.29, 1.82) is 0 Å². The standard InChI is InChI=1S/C21H24F2N2O3S/c1-15-4-8-18(9-5-15)29(27,28)25-12-2-3-16(14-25)6-11-21(26)24-20-10-7-17(22)13-19(20)23/h4-5,7-10,13,16H,2-3,6,11-12,14H2,1H3,(H,24,26). The first-order valence-corrected chi connectivity index (χ1v) is 11.0. The number of halogens is 2. The molecule has 0 radical (unpaired) electrons. The van der Waals surface area contributed by atoms with Crippen LogP contribution in [0.1, 0.15) is 31.2 Å². The number of sulfonamides is 1. The number of anilines is 1. The smallest absolute Gasteiger partial charge is 0.243 e. The minimum Gasteiger partial charge on any atom is -0.324 e. The van der Waals surface area contributed by atoms with E-state index in [0.717, 1.165) is 24.5 Å². The van der Waals surface area contributed by atoms with Crippen molar-refractivity contribution in [3.63, 3.8) is 0 Å². The van der Waals surface area contributed by atoms with Crippen molar-refractivity contribution in [1.82, 2.24) is 4.31 Å². The molecule has 0 aliphatic carbocycles. The van der Waals surface area contributed by atoms with Crippen LogP contribution in [0.25, 0.3) is 0 Å². The van der Waals surface area contributed by atoms with Gasteiger partial charge in [-0.2, -0.15) is 4.31 Å². The number of carbonyl (C=O) groups excluding carboxylic acids is 1. The third-order valence-electron chi connectivity index (χ3n) is 5.13. The van der Waals surface area contributed by atoms with Crippen molar-refractivity contribution in [3.8, 4) is 0 Å². The van der Waals surface area contributed by atoms with E-state index in [4.69, 9.17) is 0 Å². The number of nitrogens with one attached hydrogen (secondary N) is 1. The molecule has 29 heavy (non-hydrogen) atoms. The first-order chi connectivity index (χ1) is 13.8. The molecule has 0 spiro atoms. The molecule has 1 fully saturated rings. The second kappa shape index (κ2) is 9.00. The summed E-state index contributed by atoms with van der Waals surface area (Å²) in [4.78, 5) is 12.4. The maximum absolute atomic E-state index is 13.6. The van der Waals surface area contributed by atoms with Gasteiger partial charge >= 0.3 is 0 Å². The van der Waals surface area contributed by atoms with Crippen molar-refractivity contribution in [3.05, 3.63) is 59.7 Å². The Morgan fingerprint density at radius 1 is 1.17 bits per heavy atom. The molecule has 1 unspecified atom stereocenters. The highest BCUT2D eigenvalue weighted by atomic mass is 32.2. The lowest BCUT2D eigenvalue weighted by molar-refractivity contribution is -0.116. The van der Waals surface area contributed by atoms with Crippen molar-refractivity contribution in [2.75, 3.05) is 18.4 Å². The molecule has 1 amide bonds. The Balaban J connectivity index is 1.56. The van der Waals surface area contributed by atoms with Crippen molar-refractivity contribution in [2.45, 2.75) is 37.5 Å². The van der Waals surface area contributed by atoms with Gasteiger partial charge in [0.25, 0.3) is 0 Å². The Labute approximate surface area is 169 Å². The molecule has 0 bridgehead atoms. The van der Waals surface area contributed by atoms with Gasteiger partial charge in [-0.1, -0.05) is 17.7 Å². The number of piperidine rings is 1. The van der Waals surface area contributed by atoms with Crippen LogP contribution in [-0.2, 0) is 14.8 Å². The summed E-state index contributed by atoms with van der Waals surface area (Å²) in [6.45, 7) is 2.71. The first-order valence-electron chi connectivity index (χ1n) is 9.57. The average Bonchev–Trinajstić information content (AvgIpc) is 2.69. The number of hydrogen-bond acceptors (Lipinski definition) is 3. The number of aryl methyl sites for hydroxylation is 1. The Morgan fingerprint density at radius 2 is 1.90 bits per heavy atom. The van der Waals surface area contributed by atoms with Gasteiger partial charge in [-0.3, -0.25) is 4.79 Å². The van der Waals surface area contributed by atoms with Crippen molar-refractivity contribution in [2.24, 2.45) is 5.92 Å². The molecule has 3 rings (SSSR count). The molecular weight excluding hydrogens is 398 g/mol. The van der Waals surface area contributed by atoms with Crippen LogP contribution in [-0.4, -0.2) is 31.7 Å². The minimum atomic E-state index is -3.56. The molecule has 1 heterocycles. The van der Waals surface area contributed by atoms with Gasteiger partial charge < -0.3 is 5.32 Å². The molecule has 0 saturated carbocycles. The first kappa shape index (κ1) is 21.4. The van der Waals surface area contributed by atoms with Crippen molar-refractivity contribution < 1.29 is 22.0 Å². The summed E-state index contributed by atoms with van der Waals surface area (Å²) in [5.74, 6) is -1.87. The van der Waals surface area contributed by atoms with E-state index in [2.05, 4.69) is 5.32 Å². The highest BCUT2D eigenvalue weighted by molar-refractivity contribution is 7.89. The summed E-state index contributed by atoms with van der Waals surface area (Å²) in [5.41, 5.74) is 0.924. The third kappa shape index (κ3) is 5.39.